The van der Waals surface area contributed by atoms with Crippen LogP contribution in [0.1, 0.15) is 18.1 Å². The van der Waals surface area contributed by atoms with E-state index in [0.717, 1.165) is 22.6 Å². The summed E-state index contributed by atoms with van der Waals surface area (Å²) in [5.41, 5.74) is 2.01. The molecule has 2 aromatic rings. The van der Waals surface area contributed by atoms with Crippen LogP contribution in [0.4, 0.5) is 0 Å². The lowest BCUT2D eigenvalue weighted by molar-refractivity contribution is -0.138. The van der Waals surface area contributed by atoms with E-state index in [1.54, 1.807) is 14.0 Å². The maximum absolute atomic E-state index is 12.6. The molecule has 0 N–H and O–H groups in total. The number of nitrogens with zero attached hydrogens (tertiary/aromatic N) is 1. The van der Waals surface area contributed by atoms with Gasteiger partial charge in [-0.05, 0) is 19.1 Å². The molecule has 22 heavy (non-hydrogen) atoms. The molecule has 2 aromatic carbocycles. The van der Waals surface area contributed by atoms with Crippen LogP contribution in [-0.4, -0.2) is 24.0 Å². The first-order valence-corrected chi connectivity index (χ1v) is 7.34. The highest BCUT2D eigenvalue weighted by molar-refractivity contribution is 5.81. The van der Waals surface area contributed by atoms with Crippen molar-refractivity contribution in [3.63, 3.8) is 0 Å². The van der Waals surface area contributed by atoms with E-state index < -0.39 is 6.10 Å². The summed E-state index contributed by atoms with van der Waals surface area (Å²) >= 11 is 0. The molecule has 0 radical (unpaired) electrons. The van der Waals surface area contributed by atoms with E-state index in [9.17, 15) is 4.79 Å². The number of carbonyl (C=O) groups excluding carboxylic acids is 1. The predicted molar refractivity (Wildman–Crippen MR) is 83.8 cm³/mol. The van der Waals surface area contributed by atoms with E-state index >= 15 is 0 Å². The van der Waals surface area contributed by atoms with Gasteiger partial charge in [-0.15, -0.1) is 0 Å². The number of hydrogen-bond acceptors (Lipinski definition) is 3. The molecular weight excluding hydrogens is 278 g/mol. The highest BCUT2D eigenvalue weighted by Crippen LogP contribution is 2.27. The molecule has 0 bridgehead atoms. The maximum atomic E-state index is 12.6. The van der Waals surface area contributed by atoms with Crippen LogP contribution >= 0.6 is 0 Å². The quantitative estimate of drug-likeness (QED) is 0.874. The number of para-hydroxylation sites is 2. The molecule has 4 heteroatoms. The fourth-order valence-corrected chi connectivity index (χ4v) is 2.70. The van der Waals surface area contributed by atoms with Crippen LogP contribution in [0.25, 0.3) is 0 Å². The average molecular weight is 297 g/mol. The number of methoxy groups -OCH3 is 1. The van der Waals surface area contributed by atoms with Gasteiger partial charge in [0.05, 0.1) is 7.11 Å². The molecule has 1 heterocycles. The summed E-state index contributed by atoms with van der Waals surface area (Å²) in [6.45, 7) is 2.84. The van der Waals surface area contributed by atoms with Crippen molar-refractivity contribution in [2.24, 2.45) is 0 Å². The van der Waals surface area contributed by atoms with Gasteiger partial charge in [-0.25, -0.2) is 0 Å². The summed E-state index contributed by atoms with van der Waals surface area (Å²) in [7, 11) is 1.64. The summed E-state index contributed by atoms with van der Waals surface area (Å²) in [6, 6.07) is 15.6. The largest absolute Gasteiger partial charge is 0.496 e. The number of amides is 1. The lowest BCUT2D eigenvalue weighted by atomic mass is 10.1. The van der Waals surface area contributed by atoms with Crippen LogP contribution in [0.2, 0.25) is 0 Å². The van der Waals surface area contributed by atoms with Crippen LogP contribution in [0, 0.1) is 0 Å². The SMILES string of the molecule is COc1ccccc1CN1Cc2ccccc2O[C@H](C)C1=O. The molecule has 1 atom stereocenters. The Bertz CT molecular complexity index is 684. The number of ether oxygens (including phenoxy) is 2. The van der Waals surface area contributed by atoms with Crippen LogP contribution in [0.5, 0.6) is 11.5 Å². The standard InChI is InChI=1S/C18H19NO3/c1-13-18(20)19(11-14-7-3-5-9-16(14)21-2)12-15-8-4-6-10-17(15)22-13/h3-10,13H,11-12H2,1-2H3/t13-/m1/s1. The lowest BCUT2D eigenvalue weighted by Crippen LogP contribution is -2.37. The van der Waals surface area contributed by atoms with E-state index in [0.29, 0.717) is 13.1 Å². The Morgan fingerprint density at radius 1 is 1.18 bits per heavy atom. The Balaban J connectivity index is 1.90. The Morgan fingerprint density at radius 3 is 2.73 bits per heavy atom. The van der Waals surface area contributed by atoms with Crippen molar-refractivity contribution in [3.8, 4) is 11.5 Å². The Hall–Kier alpha value is -2.49. The number of carbonyl (C=O) groups is 1. The van der Waals surface area contributed by atoms with Gasteiger partial charge in [0.1, 0.15) is 11.5 Å². The van der Waals surface area contributed by atoms with E-state index in [1.807, 2.05) is 53.4 Å². The van der Waals surface area contributed by atoms with Crippen LogP contribution < -0.4 is 9.47 Å². The summed E-state index contributed by atoms with van der Waals surface area (Å²) in [4.78, 5) is 14.4. The molecule has 0 saturated heterocycles. The van der Waals surface area contributed by atoms with Gasteiger partial charge >= 0.3 is 0 Å². The molecule has 0 saturated carbocycles. The summed E-state index contributed by atoms with van der Waals surface area (Å²) in [5.74, 6) is 1.56. The van der Waals surface area contributed by atoms with Crippen LogP contribution in [0.3, 0.4) is 0 Å². The van der Waals surface area contributed by atoms with Gasteiger partial charge in [-0.2, -0.15) is 0 Å². The first-order chi connectivity index (χ1) is 10.7. The number of fused-ring (bicyclic) bond motifs is 1. The normalized spacial score (nSPS) is 17.5. The second kappa shape index (κ2) is 6.10. The van der Waals surface area contributed by atoms with Gasteiger partial charge in [-0.3, -0.25) is 4.79 Å². The minimum atomic E-state index is -0.488. The number of hydrogen-bond donors (Lipinski definition) is 0. The van der Waals surface area contributed by atoms with E-state index in [-0.39, 0.29) is 5.91 Å². The molecule has 4 nitrogen and oxygen atoms in total. The summed E-state index contributed by atoms with van der Waals surface area (Å²) in [6.07, 6.45) is -0.488. The third kappa shape index (κ3) is 2.77. The number of benzene rings is 2. The van der Waals surface area contributed by atoms with Crippen molar-refractivity contribution in [2.75, 3.05) is 7.11 Å². The molecule has 3 rings (SSSR count). The van der Waals surface area contributed by atoms with Gasteiger partial charge < -0.3 is 14.4 Å². The molecule has 1 aliphatic heterocycles. The molecule has 1 aliphatic rings. The van der Waals surface area contributed by atoms with Gasteiger partial charge in [0.15, 0.2) is 6.10 Å². The van der Waals surface area contributed by atoms with Crippen molar-refractivity contribution in [2.45, 2.75) is 26.1 Å². The zero-order valence-electron chi connectivity index (χ0n) is 12.8. The Kier molecular flexibility index (Phi) is 4.00. The van der Waals surface area contributed by atoms with Gasteiger partial charge in [-0.1, -0.05) is 36.4 Å². The van der Waals surface area contributed by atoms with Gasteiger partial charge in [0.25, 0.3) is 5.91 Å². The molecule has 0 aliphatic carbocycles. The third-order valence-electron chi connectivity index (χ3n) is 3.85. The minimum absolute atomic E-state index is 0.0119. The zero-order valence-corrected chi connectivity index (χ0v) is 12.8. The second-order valence-corrected chi connectivity index (χ2v) is 5.37. The van der Waals surface area contributed by atoms with Crippen molar-refractivity contribution in [3.05, 3.63) is 59.7 Å². The van der Waals surface area contributed by atoms with Crippen molar-refractivity contribution >= 4 is 5.91 Å². The van der Waals surface area contributed by atoms with Crippen molar-refractivity contribution in [1.29, 1.82) is 0 Å². The fraction of sp³-hybridized carbons (Fsp3) is 0.278. The predicted octanol–water partition coefficient (Wildman–Crippen LogP) is 3.00. The average Bonchev–Trinajstić information content (AvgIpc) is 2.66. The molecule has 114 valence electrons. The fourth-order valence-electron chi connectivity index (χ4n) is 2.70. The summed E-state index contributed by atoms with van der Waals surface area (Å²) in [5, 5.41) is 0. The van der Waals surface area contributed by atoms with Gasteiger partial charge in [0.2, 0.25) is 0 Å². The van der Waals surface area contributed by atoms with Crippen LogP contribution in [-0.2, 0) is 17.9 Å². The molecule has 0 spiro atoms. The smallest absolute Gasteiger partial charge is 0.263 e. The van der Waals surface area contributed by atoms with Crippen LogP contribution in [0.15, 0.2) is 48.5 Å². The van der Waals surface area contributed by atoms with Crippen molar-refractivity contribution in [1.82, 2.24) is 4.90 Å². The molecule has 1 amide bonds. The minimum Gasteiger partial charge on any atom is -0.496 e. The second-order valence-electron chi connectivity index (χ2n) is 5.37. The summed E-state index contributed by atoms with van der Waals surface area (Å²) < 4.78 is 11.2. The van der Waals surface area contributed by atoms with E-state index in [4.69, 9.17) is 9.47 Å². The first-order valence-electron chi connectivity index (χ1n) is 7.34. The molecular formula is C18H19NO3. The Labute approximate surface area is 130 Å². The monoisotopic (exact) mass is 297 g/mol. The lowest BCUT2D eigenvalue weighted by Gasteiger charge is -2.23. The van der Waals surface area contributed by atoms with E-state index in [1.165, 1.54) is 0 Å². The highest BCUT2D eigenvalue weighted by Gasteiger charge is 2.28. The number of rotatable bonds is 3. The highest BCUT2D eigenvalue weighted by atomic mass is 16.5. The maximum Gasteiger partial charge on any atom is 0.263 e. The third-order valence-corrected chi connectivity index (χ3v) is 3.85. The molecule has 0 aromatic heterocycles. The molecule has 0 unspecified atom stereocenters. The van der Waals surface area contributed by atoms with Gasteiger partial charge in [0, 0.05) is 24.2 Å². The Morgan fingerprint density at radius 2 is 1.91 bits per heavy atom. The van der Waals surface area contributed by atoms with Crippen molar-refractivity contribution < 1.29 is 14.3 Å². The zero-order chi connectivity index (χ0) is 15.5. The van der Waals surface area contributed by atoms with E-state index in [2.05, 4.69) is 0 Å². The first kappa shape index (κ1) is 14.4. The molecule has 0 fully saturated rings. The topological polar surface area (TPSA) is 38.8 Å².